The van der Waals surface area contributed by atoms with Gasteiger partial charge in [0.15, 0.2) is 0 Å². The summed E-state index contributed by atoms with van der Waals surface area (Å²) in [5.74, 6) is 1.05. The molecular weight excluding hydrogens is 276 g/mol. The number of ether oxygens (including phenoxy) is 1. The number of carbonyl (C=O) groups excluding carboxylic acids is 1. The molecule has 1 saturated heterocycles. The molecule has 1 aromatic rings. The number of nitrogens with two attached hydrogens (primary N) is 1. The summed E-state index contributed by atoms with van der Waals surface area (Å²) in [5.41, 5.74) is 7.20. The average Bonchev–Trinajstić information content (AvgIpc) is 2.46. The van der Waals surface area contributed by atoms with Crippen LogP contribution in [-0.4, -0.2) is 29.0 Å². The van der Waals surface area contributed by atoms with Crippen LogP contribution in [0.3, 0.4) is 0 Å². The summed E-state index contributed by atoms with van der Waals surface area (Å²) in [7, 11) is 0. The molecule has 1 heterocycles. The predicted molar refractivity (Wildman–Crippen MR) is 88.8 cm³/mol. The zero-order valence-electron chi connectivity index (χ0n) is 14.1. The third kappa shape index (κ3) is 3.61. The van der Waals surface area contributed by atoms with Gasteiger partial charge in [0.05, 0.1) is 12.6 Å². The van der Waals surface area contributed by atoms with Gasteiger partial charge in [0.2, 0.25) is 5.91 Å². The molecule has 22 heavy (non-hydrogen) atoms. The molecule has 4 heteroatoms. The van der Waals surface area contributed by atoms with Gasteiger partial charge in [-0.3, -0.25) is 4.79 Å². The number of amides is 1. The Labute approximate surface area is 133 Å². The lowest BCUT2D eigenvalue weighted by atomic mass is 9.86. The summed E-state index contributed by atoms with van der Waals surface area (Å²) in [4.78, 5) is 14.4. The first-order valence-electron chi connectivity index (χ1n) is 8.15. The molecule has 2 atom stereocenters. The van der Waals surface area contributed by atoms with E-state index in [9.17, 15) is 4.79 Å². The van der Waals surface area contributed by atoms with Crippen LogP contribution >= 0.6 is 0 Å². The molecular formula is C18H28N2O2. The van der Waals surface area contributed by atoms with Crippen molar-refractivity contribution in [2.24, 2.45) is 5.73 Å². The van der Waals surface area contributed by atoms with Gasteiger partial charge in [0.25, 0.3) is 0 Å². The van der Waals surface area contributed by atoms with Gasteiger partial charge in [-0.05, 0) is 51.3 Å². The second-order valence-corrected chi connectivity index (χ2v) is 7.00. The molecule has 1 aliphatic heterocycles. The fourth-order valence-electron chi connectivity index (χ4n) is 3.08. The molecule has 1 aliphatic rings. The van der Waals surface area contributed by atoms with E-state index < -0.39 is 0 Å². The van der Waals surface area contributed by atoms with Gasteiger partial charge in [-0.2, -0.15) is 0 Å². The van der Waals surface area contributed by atoms with Crippen LogP contribution in [0.25, 0.3) is 0 Å². The van der Waals surface area contributed by atoms with Crippen molar-refractivity contribution in [3.63, 3.8) is 0 Å². The fraction of sp³-hybridized carbons (Fsp3) is 0.611. The molecule has 122 valence electrons. The van der Waals surface area contributed by atoms with E-state index in [2.05, 4.69) is 27.7 Å². The lowest BCUT2D eigenvalue weighted by Gasteiger charge is -2.47. The first-order valence-corrected chi connectivity index (χ1v) is 8.15. The van der Waals surface area contributed by atoms with E-state index in [-0.39, 0.29) is 23.5 Å². The molecule has 0 aliphatic carbocycles. The number of likely N-dealkylation sites (tertiary alicyclic amines) is 1. The Balaban J connectivity index is 2.28. The molecule has 0 spiro atoms. The highest BCUT2D eigenvalue weighted by Gasteiger charge is 2.40. The minimum Gasteiger partial charge on any atom is -0.494 e. The Bertz CT molecular complexity index is 505. The number of hydrogen-bond donors (Lipinski definition) is 1. The molecule has 4 nitrogen and oxygen atoms in total. The van der Waals surface area contributed by atoms with E-state index in [0.29, 0.717) is 6.42 Å². The van der Waals surface area contributed by atoms with Crippen molar-refractivity contribution in [1.29, 1.82) is 0 Å². The Morgan fingerprint density at radius 3 is 2.45 bits per heavy atom. The Morgan fingerprint density at radius 2 is 1.91 bits per heavy atom. The summed E-state index contributed by atoms with van der Waals surface area (Å²) in [6, 6.07) is 7.91. The SMILES string of the molecule is CCCOc1ccc(C2C(N)CCC(=O)N2C(C)(C)C)cc1. The van der Waals surface area contributed by atoms with Gasteiger partial charge < -0.3 is 15.4 Å². The smallest absolute Gasteiger partial charge is 0.223 e. The number of nitrogens with zero attached hydrogens (tertiary/aromatic N) is 1. The summed E-state index contributed by atoms with van der Waals surface area (Å²) in [6.45, 7) is 9.00. The van der Waals surface area contributed by atoms with Crippen LogP contribution in [0.2, 0.25) is 0 Å². The largest absolute Gasteiger partial charge is 0.494 e. The van der Waals surface area contributed by atoms with Gasteiger partial charge in [0, 0.05) is 18.0 Å². The Morgan fingerprint density at radius 1 is 1.27 bits per heavy atom. The fourth-order valence-corrected chi connectivity index (χ4v) is 3.08. The zero-order valence-corrected chi connectivity index (χ0v) is 14.1. The van der Waals surface area contributed by atoms with Crippen molar-refractivity contribution in [3.05, 3.63) is 29.8 Å². The molecule has 2 N–H and O–H groups in total. The van der Waals surface area contributed by atoms with Crippen LogP contribution in [0, 0.1) is 0 Å². The van der Waals surface area contributed by atoms with Crippen LogP contribution in [0.5, 0.6) is 5.75 Å². The van der Waals surface area contributed by atoms with Crippen molar-refractivity contribution in [2.75, 3.05) is 6.61 Å². The number of rotatable bonds is 4. The van der Waals surface area contributed by atoms with Gasteiger partial charge in [-0.25, -0.2) is 0 Å². The first-order chi connectivity index (χ1) is 10.3. The zero-order chi connectivity index (χ0) is 16.3. The van der Waals surface area contributed by atoms with E-state index >= 15 is 0 Å². The first kappa shape index (κ1) is 16.8. The molecule has 0 bridgehead atoms. The molecule has 0 aromatic heterocycles. The second kappa shape index (κ2) is 6.69. The van der Waals surface area contributed by atoms with Gasteiger partial charge in [-0.15, -0.1) is 0 Å². The molecule has 0 saturated carbocycles. The normalized spacial score (nSPS) is 22.8. The quantitative estimate of drug-likeness (QED) is 0.929. The topological polar surface area (TPSA) is 55.6 Å². The molecule has 1 fully saturated rings. The average molecular weight is 304 g/mol. The number of piperidine rings is 1. The standard InChI is InChI=1S/C18H28N2O2/c1-5-12-22-14-8-6-13(7-9-14)17-15(19)10-11-16(21)20(17)18(2,3)4/h6-9,15,17H,5,10-12,19H2,1-4H3. The van der Waals surface area contributed by atoms with Crippen molar-refractivity contribution >= 4 is 5.91 Å². The Kier molecular flexibility index (Phi) is 5.12. The van der Waals surface area contributed by atoms with Gasteiger partial charge in [-0.1, -0.05) is 19.1 Å². The maximum Gasteiger partial charge on any atom is 0.223 e. The third-order valence-electron chi connectivity index (χ3n) is 4.06. The highest BCUT2D eigenvalue weighted by Crippen LogP contribution is 2.36. The monoisotopic (exact) mass is 304 g/mol. The highest BCUT2D eigenvalue weighted by atomic mass is 16.5. The predicted octanol–water partition coefficient (Wildman–Crippen LogP) is 3.26. The van der Waals surface area contributed by atoms with E-state index in [1.165, 1.54) is 0 Å². The maximum atomic E-state index is 12.4. The number of hydrogen-bond acceptors (Lipinski definition) is 3. The minimum atomic E-state index is -0.239. The van der Waals surface area contributed by atoms with E-state index in [1.54, 1.807) is 0 Å². The van der Waals surface area contributed by atoms with Crippen LogP contribution in [-0.2, 0) is 4.79 Å². The molecule has 1 aromatic carbocycles. The van der Waals surface area contributed by atoms with Crippen molar-refractivity contribution in [3.8, 4) is 5.75 Å². The lowest BCUT2D eigenvalue weighted by molar-refractivity contribution is -0.144. The molecule has 1 amide bonds. The maximum absolute atomic E-state index is 12.4. The minimum absolute atomic E-state index is 0.0284. The van der Waals surface area contributed by atoms with E-state index in [1.807, 2.05) is 29.2 Å². The van der Waals surface area contributed by atoms with E-state index in [4.69, 9.17) is 10.5 Å². The lowest BCUT2D eigenvalue weighted by Crippen LogP contribution is -2.56. The molecule has 0 radical (unpaired) electrons. The summed E-state index contributed by atoms with van der Waals surface area (Å²) >= 11 is 0. The van der Waals surface area contributed by atoms with Crippen LogP contribution < -0.4 is 10.5 Å². The van der Waals surface area contributed by atoms with Gasteiger partial charge >= 0.3 is 0 Å². The molecule has 2 unspecified atom stereocenters. The van der Waals surface area contributed by atoms with Gasteiger partial charge in [0.1, 0.15) is 5.75 Å². The van der Waals surface area contributed by atoms with Crippen molar-refractivity contribution in [1.82, 2.24) is 4.90 Å². The Hall–Kier alpha value is -1.55. The second-order valence-electron chi connectivity index (χ2n) is 7.00. The number of benzene rings is 1. The summed E-state index contributed by atoms with van der Waals surface area (Å²) in [6.07, 6.45) is 2.26. The van der Waals surface area contributed by atoms with Crippen molar-refractivity contribution in [2.45, 2.75) is 64.6 Å². The number of carbonyl (C=O) groups is 1. The van der Waals surface area contributed by atoms with Crippen LogP contribution in [0.15, 0.2) is 24.3 Å². The molecule has 2 rings (SSSR count). The summed E-state index contributed by atoms with van der Waals surface area (Å²) in [5, 5.41) is 0. The van der Waals surface area contributed by atoms with Crippen LogP contribution in [0.1, 0.15) is 58.6 Å². The third-order valence-corrected chi connectivity index (χ3v) is 4.06. The highest BCUT2D eigenvalue weighted by molar-refractivity contribution is 5.78. The van der Waals surface area contributed by atoms with E-state index in [0.717, 1.165) is 30.8 Å². The van der Waals surface area contributed by atoms with Crippen molar-refractivity contribution < 1.29 is 9.53 Å². The van der Waals surface area contributed by atoms with Crippen LogP contribution in [0.4, 0.5) is 0 Å². The summed E-state index contributed by atoms with van der Waals surface area (Å²) < 4.78 is 5.63.